The van der Waals surface area contributed by atoms with E-state index in [0.717, 1.165) is 0 Å². The van der Waals surface area contributed by atoms with Crippen LogP contribution in [-0.2, 0) is 33.9 Å². The molecule has 2 heterocycles. The van der Waals surface area contributed by atoms with Crippen LogP contribution in [0, 0.1) is 5.82 Å². The molecule has 1 aliphatic rings. The summed E-state index contributed by atoms with van der Waals surface area (Å²) in [7, 11) is 3.64. The van der Waals surface area contributed by atoms with Gasteiger partial charge in [0.2, 0.25) is 0 Å². The lowest BCUT2D eigenvalue weighted by Gasteiger charge is -2.50. The molecular formula is C26H28F7N5O3. The molecule has 1 aromatic heterocycles. The molecular weight excluding hydrogens is 563 g/mol. The van der Waals surface area contributed by atoms with Crippen molar-refractivity contribution in [2.75, 3.05) is 38.8 Å². The highest BCUT2D eigenvalue weighted by atomic mass is 19.4. The number of benzene rings is 2. The molecule has 0 radical (unpaired) electrons. The Labute approximate surface area is 230 Å². The lowest BCUT2D eigenvalue weighted by atomic mass is 9.87. The number of morpholine rings is 1. The summed E-state index contributed by atoms with van der Waals surface area (Å²) < 4.78 is 107. The van der Waals surface area contributed by atoms with Gasteiger partial charge in [0.15, 0.2) is 12.1 Å². The number of alkyl halides is 6. The van der Waals surface area contributed by atoms with Crippen molar-refractivity contribution in [1.82, 2.24) is 20.3 Å². The van der Waals surface area contributed by atoms with Gasteiger partial charge in [-0.15, -0.1) is 5.10 Å². The van der Waals surface area contributed by atoms with E-state index in [9.17, 15) is 35.8 Å². The molecule has 8 nitrogen and oxygen atoms in total. The van der Waals surface area contributed by atoms with Crippen molar-refractivity contribution in [3.05, 3.63) is 76.2 Å². The average molecular weight is 592 g/mol. The largest absolute Gasteiger partial charge is 0.416 e. The maximum Gasteiger partial charge on any atom is 0.416 e. The first-order valence-corrected chi connectivity index (χ1v) is 12.4. The number of aromatic nitrogens is 3. The number of rotatable bonds is 8. The van der Waals surface area contributed by atoms with Crippen molar-refractivity contribution >= 4 is 5.82 Å². The van der Waals surface area contributed by atoms with Crippen LogP contribution in [0.25, 0.3) is 0 Å². The zero-order valence-electron chi connectivity index (χ0n) is 22.2. The van der Waals surface area contributed by atoms with Gasteiger partial charge in [-0.1, -0.05) is 12.1 Å². The Kier molecular flexibility index (Phi) is 8.64. The van der Waals surface area contributed by atoms with Gasteiger partial charge in [0.1, 0.15) is 23.2 Å². The SMILES string of the molecule is CN(C)Cc1n[nH]nc1N1CCO[C@H](O[C@H](CO)c2cc(C(F)(F)F)cc(C(F)(F)F)c2)[C@]1(C)c1ccc(F)cc1. The van der Waals surface area contributed by atoms with Crippen LogP contribution in [0.4, 0.5) is 36.6 Å². The highest BCUT2D eigenvalue weighted by Crippen LogP contribution is 2.43. The van der Waals surface area contributed by atoms with Gasteiger partial charge < -0.3 is 24.4 Å². The third-order valence-electron chi connectivity index (χ3n) is 6.79. The molecule has 3 aromatic rings. The molecule has 2 aromatic carbocycles. The number of halogens is 7. The monoisotopic (exact) mass is 591 g/mol. The fourth-order valence-corrected chi connectivity index (χ4v) is 4.76. The van der Waals surface area contributed by atoms with Crippen LogP contribution >= 0.6 is 0 Å². The van der Waals surface area contributed by atoms with Crippen LogP contribution in [0.5, 0.6) is 0 Å². The third-order valence-corrected chi connectivity index (χ3v) is 6.79. The van der Waals surface area contributed by atoms with Crippen LogP contribution in [0.1, 0.15) is 41.0 Å². The summed E-state index contributed by atoms with van der Waals surface area (Å²) in [6, 6.07) is 6.30. The molecule has 3 atom stereocenters. The van der Waals surface area contributed by atoms with Gasteiger partial charge in [0.25, 0.3) is 0 Å². The maximum absolute atomic E-state index is 13.9. The third kappa shape index (κ3) is 6.47. The molecule has 0 aliphatic carbocycles. The predicted octanol–water partition coefficient (Wildman–Crippen LogP) is 4.87. The number of H-pyrrole nitrogens is 1. The molecule has 0 spiro atoms. The number of nitrogens with one attached hydrogen (secondary N) is 1. The van der Waals surface area contributed by atoms with Crippen molar-refractivity contribution < 1.29 is 45.3 Å². The fourth-order valence-electron chi connectivity index (χ4n) is 4.76. The Morgan fingerprint density at radius 1 is 1.07 bits per heavy atom. The van der Waals surface area contributed by atoms with E-state index >= 15 is 0 Å². The van der Waals surface area contributed by atoms with Crippen molar-refractivity contribution in [1.29, 1.82) is 0 Å². The molecule has 41 heavy (non-hydrogen) atoms. The van der Waals surface area contributed by atoms with Gasteiger partial charge in [0, 0.05) is 13.1 Å². The van der Waals surface area contributed by atoms with E-state index in [1.165, 1.54) is 24.3 Å². The average Bonchev–Trinajstić information content (AvgIpc) is 3.34. The van der Waals surface area contributed by atoms with Crippen LogP contribution in [-0.4, -0.2) is 65.6 Å². The molecule has 0 saturated carbocycles. The number of anilines is 1. The van der Waals surface area contributed by atoms with Gasteiger partial charge >= 0.3 is 12.4 Å². The first-order chi connectivity index (χ1) is 19.1. The summed E-state index contributed by atoms with van der Waals surface area (Å²) in [5.41, 5.74) is -4.02. The van der Waals surface area contributed by atoms with E-state index in [0.29, 0.717) is 35.8 Å². The molecule has 224 valence electrons. The molecule has 1 aliphatic heterocycles. The van der Waals surface area contributed by atoms with E-state index < -0.39 is 59.4 Å². The van der Waals surface area contributed by atoms with Gasteiger partial charge in [-0.2, -0.15) is 36.7 Å². The Morgan fingerprint density at radius 2 is 1.68 bits per heavy atom. The molecule has 2 N–H and O–H groups in total. The molecule has 0 amide bonds. The lowest BCUT2D eigenvalue weighted by molar-refractivity contribution is -0.225. The Bertz CT molecular complexity index is 1300. The van der Waals surface area contributed by atoms with Gasteiger partial charge in [-0.3, -0.25) is 0 Å². The second kappa shape index (κ2) is 11.5. The molecule has 15 heteroatoms. The number of hydrogen-bond donors (Lipinski definition) is 2. The summed E-state index contributed by atoms with van der Waals surface area (Å²) in [6.07, 6.45) is -13.2. The molecule has 4 rings (SSSR count). The number of aliphatic hydroxyl groups is 1. The van der Waals surface area contributed by atoms with Gasteiger partial charge in [0.05, 0.1) is 24.3 Å². The Balaban J connectivity index is 1.80. The smallest absolute Gasteiger partial charge is 0.393 e. The van der Waals surface area contributed by atoms with Crippen molar-refractivity contribution in [2.45, 2.75) is 43.8 Å². The zero-order valence-corrected chi connectivity index (χ0v) is 22.2. The molecule has 1 saturated heterocycles. The summed E-state index contributed by atoms with van der Waals surface area (Å²) in [5, 5.41) is 21.2. The van der Waals surface area contributed by atoms with E-state index in [2.05, 4.69) is 15.4 Å². The topological polar surface area (TPSA) is 86.7 Å². The Morgan fingerprint density at radius 3 is 2.22 bits per heavy atom. The van der Waals surface area contributed by atoms with Crippen molar-refractivity contribution in [3.8, 4) is 0 Å². The van der Waals surface area contributed by atoms with Gasteiger partial charge in [-0.25, -0.2) is 4.39 Å². The maximum atomic E-state index is 13.9. The minimum atomic E-state index is -5.09. The molecule has 1 fully saturated rings. The van der Waals surface area contributed by atoms with Crippen LogP contribution in [0.3, 0.4) is 0 Å². The number of ether oxygens (including phenoxy) is 2. The standard InChI is InChI=1S/C26H28F7N5O3/c1-24(16-4-6-19(27)7-5-16)23(40-9-8-38(24)22-20(13-37(2)3)34-36-35-22)41-21(14-39)15-10-17(25(28,29)30)12-18(11-15)26(31,32)33/h4-7,10-12,21,23,39H,8-9,13-14H2,1-3H3,(H,34,35,36)/t21-,23-,24+/m1/s1. The lowest BCUT2D eigenvalue weighted by Crippen LogP contribution is -2.60. The first-order valence-electron chi connectivity index (χ1n) is 12.4. The molecule has 0 unspecified atom stereocenters. The second-order valence-corrected chi connectivity index (χ2v) is 9.99. The van der Waals surface area contributed by atoms with Crippen molar-refractivity contribution in [3.63, 3.8) is 0 Å². The first kappa shape index (κ1) is 30.7. The van der Waals surface area contributed by atoms with Crippen LogP contribution < -0.4 is 4.90 Å². The number of aromatic amines is 1. The number of hydrogen-bond acceptors (Lipinski definition) is 7. The summed E-state index contributed by atoms with van der Waals surface area (Å²) in [4.78, 5) is 3.61. The minimum Gasteiger partial charge on any atom is -0.393 e. The van der Waals surface area contributed by atoms with Crippen LogP contribution in [0.2, 0.25) is 0 Å². The van der Waals surface area contributed by atoms with Crippen LogP contribution in [0.15, 0.2) is 42.5 Å². The zero-order chi connectivity index (χ0) is 30.2. The minimum absolute atomic E-state index is 0.00371. The summed E-state index contributed by atoms with van der Waals surface area (Å²) in [5.74, 6) is -0.147. The summed E-state index contributed by atoms with van der Waals surface area (Å²) in [6.45, 7) is 1.31. The van der Waals surface area contributed by atoms with E-state index in [-0.39, 0.29) is 19.2 Å². The highest BCUT2D eigenvalue weighted by Gasteiger charge is 2.49. The molecule has 0 bridgehead atoms. The second-order valence-electron chi connectivity index (χ2n) is 9.99. The highest BCUT2D eigenvalue weighted by molar-refractivity contribution is 5.50. The number of aliphatic hydroxyl groups excluding tert-OH is 1. The Hall–Kier alpha value is -3.27. The van der Waals surface area contributed by atoms with Gasteiger partial charge in [-0.05, 0) is 62.5 Å². The fraction of sp³-hybridized carbons (Fsp3) is 0.462. The number of nitrogens with zero attached hydrogens (tertiary/aromatic N) is 4. The van der Waals surface area contributed by atoms with E-state index in [1.807, 2.05) is 19.0 Å². The predicted molar refractivity (Wildman–Crippen MR) is 132 cm³/mol. The van der Waals surface area contributed by atoms with Crippen molar-refractivity contribution in [2.24, 2.45) is 0 Å². The quantitative estimate of drug-likeness (QED) is 0.362. The van der Waals surface area contributed by atoms with E-state index in [4.69, 9.17) is 9.47 Å². The van der Waals surface area contributed by atoms with E-state index in [1.54, 1.807) is 11.8 Å². The summed E-state index contributed by atoms with van der Waals surface area (Å²) >= 11 is 0. The normalized spacial score (nSPS) is 21.0.